The zero-order valence-corrected chi connectivity index (χ0v) is 12.0. The highest BCUT2D eigenvalue weighted by atomic mass is 35.5. The molecule has 21 heavy (non-hydrogen) atoms. The fourth-order valence-corrected chi connectivity index (χ4v) is 2.76. The van der Waals surface area contributed by atoms with Crippen LogP contribution in [0.5, 0.6) is 0 Å². The average Bonchev–Trinajstić information content (AvgIpc) is 2.94. The summed E-state index contributed by atoms with van der Waals surface area (Å²) in [4.78, 5) is 26.0. The Kier molecular flexibility index (Phi) is 3.80. The molecule has 0 radical (unpaired) electrons. The van der Waals surface area contributed by atoms with Crippen molar-refractivity contribution in [2.75, 3.05) is 6.54 Å². The Morgan fingerprint density at radius 2 is 1.95 bits per heavy atom. The van der Waals surface area contributed by atoms with E-state index in [2.05, 4.69) is 0 Å². The molecule has 1 fully saturated rings. The molecule has 3 rings (SSSR count). The highest BCUT2D eigenvalue weighted by Crippen LogP contribution is 2.31. The third-order valence-electron chi connectivity index (χ3n) is 3.66. The Bertz CT molecular complexity index is 665. The maximum Gasteiger partial charge on any atom is 0.290 e. The number of hydrogen-bond acceptors (Lipinski definition) is 3. The van der Waals surface area contributed by atoms with Crippen molar-refractivity contribution < 1.29 is 14.0 Å². The predicted molar refractivity (Wildman–Crippen MR) is 78.2 cm³/mol. The molecule has 1 amide bonds. The van der Waals surface area contributed by atoms with Crippen LogP contribution in [-0.4, -0.2) is 23.1 Å². The van der Waals surface area contributed by atoms with Crippen LogP contribution in [0.25, 0.3) is 0 Å². The summed E-state index contributed by atoms with van der Waals surface area (Å²) >= 11 is 5.73. The summed E-state index contributed by atoms with van der Waals surface area (Å²) in [5.74, 6) is 0.143. The molecule has 1 saturated heterocycles. The highest BCUT2D eigenvalue weighted by Gasteiger charge is 2.33. The lowest BCUT2D eigenvalue weighted by Gasteiger charge is -2.34. The lowest BCUT2D eigenvalue weighted by Crippen LogP contribution is -2.41. The van der Waals surface area contributed by atoms with Crippen LogP contribution in [0.1, 0.15) is 35.0 Å². The van der Waals surface area contributed by atoms with Crippen LogP contribution in [0.2, 0.25) is 5.22 Å². The molecule has 1 unspecified atom stereocenters. The van der Waals surface area contributed by atoms with E-state index >= 15 is 0 Å². The normalized spacial score (nSPS) is 18.8. The van der Waals surface area contributed by atoms with Gasteiger partial charge in [0.2, 0.25) is 0 Å². The number of benzene rings is 1. The molecule has 0 N–H and O–H groups in total. The van der Waals surface area contributed by atoms with E-state index in [0.717, 1.165) is 5.56 Å². The van der Waals surface area contributed by atoms with Crippen LogP contribution in [0.4, 0.5) is 0 Å². The zero-order chi connectivity index (χ0) is 14.8. The van der Waals surface area contributed by atoms with Gasteiger partial charge >= 0.3 is 0 Å². The number of ketones is 1. The van der Waals surface area contributed by atoms with Crippen molar-refractivity contribution in [3.05, 3.63) is 59.0 Å². The summed E-state index contributed by atoms with van der Waals surface area (Å²) in [6, 6.07) is 12.4. The van der Waals surface area contributed by atoms with Crippen molar-refractivity contribution in [1.82, 2.24) is 4.90 Å². The number of piperidine rings is 1. The number of likely N-dealkylation sites (tertiary alicyclic amines) is 1. The molecule has 4 nitrogen and oxygen atoms in total. The number of nitrogens with zero attached hydrogens (tertiary/aromatic N) is 1. The fourth-order valence-electron chi connectivity index (χ4n) is 2.62. The summed E-state index contributed by atoms with van der Waals surface area (Å²) in [5.41, 5.74) is 0.955. The van der Waals surface area contributed by atoms with Crippen molar-refractivity contribution in [3.8, 4) is 0 Å². The number of amides is 1. The molecule has 0 aliphatic carbocycles. The van der Waals surface area contributed by atoms with Gasteiger partial charge in [-0.3, -0.25) is 9.59 Å². The molecule has 2 heterocycles. The van der Waals surface area contributed by atoms with E-state index in [1.165, 1.54) is 0 Å². The maximum atomic E-state index is 12.6. The third-order valence-corrected chi connectivity index (χ3v) is 3.86. The summed E-state index contributed by atoms with van der Waals surface area (Å²) in [6.45, 7) is 0.398. The Balaban J connectivity index is 1.91. The van der Waals surface area contributed by atoms with Crippen molar-refractivity contribution in [1.29, 1.82) is 0 Å². The number of carbonyl (C=O) groups is 2. The third kappa shape index (κ3) is 2.85. The van der Waals surface area contributed by atoms with E-state index in [0.29, 0.717) is 19.4 Å². The quantitative estimate of drug-likeness (QED) is 0.853. The van der Waals surface area contributed by atoms with Crippen molar-refractivity contribution in [3.63, 3.8) is 0 Å². The lowest BCUT2D eigenvalue weighted by atomic mass is 9.94. The zero-order valence-electron chi connectivity index (χ0n) is 11.3. The highest BCUT2D eigenvalue weighted by molar-refractivity contribution is 6.29. The van der Waals surface area contributed by atoms with Crippen LogP contribution in [0, 0.1) is 0 Å². The predicted octanol–water partition coefficient (Wildman–Crippen LogP) is 3.48. The Hall–Kier alpha value is -2.07. The monoisotopic (exact) mass is 303 g/mol. The first-order valence-electron chi connectivity index (χ1n) is 6.78. The number of carbonyl (C=O) groups excluding carboxylic acids is 2. The van der Waals surface area contributed by atoms with Gasteiger partial charge in [0.15, 0.2) is 11.0 Å². The maximum absolute atomic E-state index is 12.6. The molecule has 108 valence electrons. The Morgan fingerprint density at radius 1 is 1.19 bits per heavy atom. The second-order valence-corrected chi connectivity index (χ2v) is 5.39. The SMILES string of the molecule is O=C1CCN(C(=O)c2ccc(Cl)o2)C(c2ccccc2)C1. The van der Waals surface area contributed by atoms with E-state index in [-0.39, 0.29) is 28.7 Å². The second kappa shape index (κ2) is 5.74. The van der Waals surface area contributed by atoms with E-state index in [9.17, 15) is 9.59 Å². The number of hydrogen-bond donors (Lipinski definition) is 0. The lowest BCUT2D eigenvalue weighted by molar-refractivity contribution is -0.122. The Morgan fingerprint density at radius 3 is 2.62 bits per heavy atom. The molecular weight excluding hydrogens is 290 g/mol. The number of halogens is 1. The van der Waals surface area contributed by atoms with E-state index in [1.807, 2.05) is 30.3 Å². The molecule has 0 saturated carbocycles. The van der Waals surface area contributed by atoms with Crippen LogP contribution < -0.4 is 0 Å². The Labute approximate surface area is 127 Å². The van der Waals surface area contributed by atoms with Gasteiger partial charge in [-0.15, -0.1) is 0 Å². The van der Waals surface area contributed by atoms with Crippen molar-refractivity contribution in [2.45, 2.75) is 18.9 Å². The van der Waals surface area contributed by atoms with Crippen molar-refractivity contribution in [2.24, 2.45) is 0 Å². The second-order valence-electron chi connectivity index (χ2n) is 5.02. The molecular formula is C16H14ClNO3. The van der Waals surface area contributed by atoms with Gasteiger partial charge in [0.1, 0.15) is 5.78 Å². The molecule has 0 bridgehead atoms. The van der Waals surface area contributed by atoms with Gasteiger partial charge in [0.25, 0.3) is 5.91 Å². The van der Waals surface area contributed by atoms with E-state index in [1.54, 1.807) is 17.0 Å². The average molecular weight is 304 g/mol. The minimum atomic E-state index is -0.246. The first-order valence-corrected chi connectivity index (χ1v) is 7.16. The van der Waals surface area contributed by atoms with Gasteiger partial charge in [-0.05, 0) is 29.3 Å². The summed E-state index contributed by atoms with van der Waals surface area (Å²) in [5, 5.41) is 0.183. The first kappa shape index (κ1) is 13.9. The number of Topliss-reactive ketones (excluding diaryl/α,β-unsaturated/α-hetero) is 1. The van der Waals surface area contributed by atoms with Crippen molar-refractivity contribution >= 4 is 23.3 Å². The molecule has 5 heteroatoms. The van der Waals surface area contributed by atoms with Gasteiger partial charge in [0, 0.05) is 19.4 Å². The number of furan rings is 1. The minimum Gasteiger partial charge on any atom is -0.440 e. The van der Waals surface area contributed by atoms with Crippen LogP contribution in [0.15, 0.2) is 46.9 Å². The fraction of sp³-hybridized carbons (Fsp3) is 0.250. The summed E-state index contributed by atoms with van der Waals surface area (Å²) in [6.07, 6.45) is 0.716. The molecule has 1 aliphatic heterocycles. The van der Waals surface area contributed by atoms with Crippen LogP contribution >= 0.6 is 11.6 Å². The summed E-state index contributed by atoms with van der Waals surface area (Å²) < 4.78 is 5.20. The molecule has 1 aliphatic rings. The van der Waals surface area contributed by atoms with Gasteiger partial charge in [0.05, 0.1) is 6.04 Å². The smallest absolute Gasteiger partial charge is 0.290 e. The minimum absolute atomic E-state index is 0.172. The number of rotatable bonds is 2. The molecule has 0 spiro atoms. The van der Waals surface area contributed by atoms with E-state index in [4.69, 9.17) is 16.0 Å². The standard InChI is InChI=1S/C16H14ClNO3/c17-15-7-6-14(21-15)16(20)18-9-8-12(19)10-13(18)11-4-2-1-3-5-11/h1-7,13H,8-10H2. The van der Waals surface area contributed by atoms with Gasteiger partial charge in [-0.2, -0.15) is 0 Å². The molecule has 1 atom stereocenters. The molecule has 2 aromatic rings. The van der Waals surface area contributed by atoms with Crippen LogP contribution in [-0.2, 0) is 4.79 Å². The van der Waals surface area contributed by atoms with Crippen LogP contribution in [0.3, 0.4) is 0 Å². The van der Waals surface area contributed by atoms with Gasteiger partial charge in [-0.1, -0.05) is 30.3 Å². The largest absolute Gasteiger partial charge is 0.440 e. The molecule has 1 aromatic carbocycles. The van der Waals surface area contributed by atoms with Gasteiger partial charge < -0.3 is 9.32 Å². The first-order chi connectivity index (χ1) is 10.1. The molecule has 1 aromatic heterocycles. The topological polar surface area (TPSA) is 50.5 Å². The van der Waals surface area contributed by atoms with E-state index < -0.39 is 0 Å². The van der Waals surface area contributed by atoms with Gasteiger partial charge in [-0.25, -0.2) is 0 Å². The summed E-state index contributed by atoms with van der Waals surface area (Å²) in [7, 11) is 0.